The van der Waals surface area contributed by atoms with Crippen LogP contribution in [-0.4, -0.2) is 46.0 Å². The lowest BCUT2D eigenvalue weighted by molar-refractivity contribution is 0.203. The van der Waals surface area contributed by atoms with Gasteiger partial charge >= 0.3 is 0 Å². The summed E-state index contributed by atoms with van der Waals surface area (Å²) in [5.74, 6) is 1.14. The third kappa shape index (κ3) is 3.63. The number of aliphatic hydroxyl groups excluding tert-OH is 2. The summed E-state index contributed by atoms with van der Waals surface area (Å²) in [6, 6.07) is 1.36. The molecule has 1 aromatic heterocycles. The van der Waals surface area contributed by atoms with Crippen LogP contribution in [0.5, 0.6) is 0 Å². The molecule has 90 valence electrons. The van der Waals surface area contributed by atoms with Gasteiger partial charge in [-0.25, -0.2) is 4.98 Å². The van der Waals surface area contributed by atoms with Gasteiger partial charge in [0.1, 0.15) is 5.82 Å². The molecule has 6 nitrogen and oxygen atoms in total. The van der Waals surface area contributed by atoms with Crippen LogP contribution in [0.2, 0.25) is 0 Å². The molecule has 0 atom stereocenters. The minimum Gasteiger partial charge on any atom is -0.394 e. The van der Waals surface area contributed by atoms with E-state index in [-0.39, 0.29) is 13.2 Å². The minimum atomic E-state index is -0.399. The Hall–Kier alpha value is -1.40. The molecule has 0 bridgehead atoms. The van der Waals surface area contributed by atoms with E-state index >= 15 is 0 Å². The molecule has 1 aromatic rings. The average Bonchev–Trinajstić information content (AvgIpc) is 2.25. The van der Waals surface area contributed by atoms with Crippen molar-refractivity contribution in [3.63, 3.8) is 0 Å². The summed E-state index contributed by atoms with van der Waals surface area (Å²) in [5.41, 5.74) is 0.822. The second kappa shape index (κ2) is 6.24. The van der Waals surface area contributed by atoms with Crippen molar-refractivity contribution in [3.8, 4) is 0 Å². The Balaban J connectivity index is 2.78. The van der Waals surface area contributed by atoms with E-state index in [1.165, 1.54) is 0 Å². The van der Waals surface area contributed by atoms with E-state index in [4.69, 9.17) is 10.2 Å². The van der Waals surface area contributed by atoms with Gasteiger partial charge in [0.15, 0.2) is 0 Å². The molecule has 4 N–H and O–H groups in total. The standard InChI is InChI=1S/C10H18N4O2/c1-3-11-10-12-7(2)4-9(14-10)13-8(5-15)6-16/h4,8,15-16H,3,5-6H2,1-2H3,(H2,11,12,13,14). The van der Waals surface area contributed by atoms with Gasteiger partial charge in [-0.2, -0.15) is 4.98 Å². The van der Waals surface area contributed by atoms with Gasteiger partial charge in [-0.1, -0.05) is 0 Å². The maximum absolute atomic E-state index is 8.95. The van der Waals surface area contributed by atoms with Gasteiger partial charge in [0.2, 0.25) is 5.95 Å². The first kappa shape index (κ1) is 12.7. The molecular formula is C10H18N4O2. The minimum absolute atomic E-state index is 0.143. The van der Waals surface area contributed by atoms with E-state index in [0.717, 1.165) is 12.2 Å². The van der Waals surface area contributed by atoms with Gasteiger partial charge in [0.05, 0.1) is 19.3 Å². The van der Waals surface area contributed by atoms with E-state index in [2.05, 4.69) is 20.6 Å². The monoisotopic (exact) mass is 226 g/mol. The zero-order valence-corrected chi connectivity index (χ0v) is 9.56. The van der Waals surface area contributed by atoms with Crippen molar-refractivity contribution >= 4 is 11.8 Å². The van der Waals surface area contributed by atoms with Crippen LogP contribution < -0.4 is 10.6 Å². The summed E-state index contributed by atoms with van der Waals surface area (Å²) in [5, 5.41) is 23.8. The first-order valence-corrected chi connectivity index (χ1v) is 5.27. The van der Waals surface area contributed by atoms with Crippen LogP contribution in [0.4, 0.5) is 11.8 Å². The highest BCUT2D eigenvalue weighted by Gasteiger charge is 2.07. The smallest absolute Gasteiger partial charge is 0.224 e. The molecule has 1 rings (SSSR count). The zero-order chi connectivity index (χ0) is 12.0. The van der Waals surface area contributed by atoms with Crippen LogP contribution in [-0.2, 0) is 0 Å². The van der Waals surface area contributed by atoms with E-state index in [0.29, 0.717) is 11.8 Å². The van der Waals surface area contributed by atoms with Crippen LogP contribution in [0.1, 0.15) is 12.6 Å². The molecule has 0 aliphatic carbocycles. The van der Waals surface area contributed by atoms with Crippen LogP contribution in [0.3, 0.4) is 0 Å². The fraction of sp³-hybridized carbons (Fsp3) is 0.600. The molecule has 0 saturated heterocycles. The number of anilines is 2. The largest absolute Gasteiger partial charge is 0.394 e. The molecule has 16 heavy (non-hydrogen) atoms. The molecule has 0 fully saturated rings. The van der Waals surface area contributed by atoms with Crippen LogP contribution >= 0.6 is 0 Å². The fourth-order valence-corrected chi connectivity index (χ4v) is 1.24. The molecule has 0 aliphatic rings. The van der Waals surface area contributed by atoms with Gasteiger partial charge in [0, 0.05) is 18.3 Å². The van der Waals surface area contributed by atoms with Crippen LogP contribution in [0.25, 0.3) is 0 Å². The molecule has 0 aliphatic heterocycles. The van der Waals surface area contributed by atoms with E-state index < -0.39 is 6.04 Å². The van der Waals surface area contributed by atoms with Gasteiger partial charge in [0.25, 0.3) is 0 Å². The number of rotatable bonds is 6. The summed E-state index contributed by atoms with van der Waals surface area (Å²) in [6.07, 6.45) is 0. The Labute approximate surface area is 94.7 Å². The lowest BCUT2D eigenvalue weighted by Crippen LogP contribution is -2.28. The number of nitrogens with one attached hydrogen (secondary N) is 2. The highest BCUT2D eigenvalue weighted by molar-refractivity contribution is 5.42. The Morgan fingerprint density at radius 3 is 2.56 bits per heavy atom. The topological polar surface area (TPSA) is 90.3 Å². The van der Waals surface area contributed by atoms with Crippen molar-refractivity contribution in [2.75, 3.05) is 30.4 Å². The SMILES string of the molecule is CCNc1nc(C)cc(NC(CO)CO)n1. The van der Waals surface area contributed by atoms with E-state index in [1.54, 1.807) is 6.07 Å². The average molecular weight is 226 g/mol. The van der Waals surface area contributed by atoms with Crippen LogP contribution in [0.15, 0.2) is 6.07 Å². The predicted molar refractivity (Wildman–Crippen MR) is 62.5 cm³/mol. The Morgan fingerprint density at radius 2 is 2.00 bits per heavy atom. The Kier molecular flexibility index (Phi) is 4.94. The second-order valence-electron chi connectivity index (χ2n) is 3.45. The molecule has 0 aromatic carbocycles. The summed E-state index contributed by atoms with van der Waals surface area (Å²) >= 11 is 0. The Morgan fingerprint density at radius 1 is 1.31 bits per heavy atom. The summed E-state index contributed by atoms with van der Waals surface area (Å²) in [7, 11) is 0. The van der Waals surface area contributed by atoms with Gasteiger partial charge in [-0.15, -0.1) is 0 Å². The van der Waals surface area contributed by atoms with Gasteiger partial charge in [-0.3, -0.25) is 0 Å². The number of aromatic nitrogens is 2. The van der Waals surface area contributed by atoms with Crippen molar-refractivity contribution in [1.29, 1.82) is 0 Å². The third-order valence-corrected chi connectivity index (χ3v) is 1.98. The highest BCUT2D eigenvalue weighted by atomic mass is 16.3. The molecule has 0 radical (unpaired) electrons. The van der Waals surface area contributed by atoms with Crippen molar-refractivity contribution in [1.82, 2.24) is 9.97 Å². The van der Waals surface area contributed by atoms with Gasteiger partial charge < -0.3 is 20.8 Å². The molecule has 0 saturated carbocycles. The van der Waals surface area contributed by atoms with Crippen molar-refractivity contribution in [2.24, 2.45) is 0 Å². The molecule has 6 heteroatoms. The normalized spacial score (nSPS) is 10.6. The lowest BCUT2D eigenvalue weighted by Gasteiger charge is -2.15. The lowest BCUT2D eigenvalue weighted by atomic mass is 10.3. The van der Waals surface area contributed by atoms with E-state index in [1.807, 2.05) is 13.8 Å². The van der Waals surface area contributed by atoms with Crippen molar-refractivity contribution in [3.05, 3.63) is 11.8 Å². The first-order chi connectivity index (χ1) is 7.69. The summed E-state index contributed by atoms with van der Waals surface area (Å²) in [4.78, 5) is 8.40. The van der Waals surface area contributed by atoms with Crippen molar-refractivity contribution < 1.29 is 10.2 Å². The number of aliphatic hydroxyl groups is 2. The molecule has 1 heterocycles. The van der Waals surface area contributed by atoms with E-state index in [9.17, 15) is 0 Å². The maximum atomic E-state index is 8.95. The quantitative estimate of drug-likeness (QED) is 0.545. The Bertz CT molecular complexity index is 329. The summed E-state index contributed by atoms with van der Waals surface area (Å²) in [6.45, 7) is 4.28. The number of nitrogens with zero attached hydrogens (tertiary/aromatic N) is 2. The molecular weight excluding hydrogens is 208 g/mol. The molecule has 0 spiro atoms. The maximum Gasteiger partial charge on any atom is 0.224 e. The fourth-order valence-electron chi connectivity index (χ4n) is 1.24. The van der Waals surface area contributed by atoms with Crippen LogP contribution in [0, 0.1) is 6.92 Å². The number of aryl methyl sites for hydroxylation is 1. The third-order valence-electron chi connectivity index (χ3n) is 1.98. The first-order valence-electron chi connectivity index (χ1n) is 5.27. The second-order valence-corrected chi connectivity index (χ2v) is 3.45. The van der Waals surface area contributed by atoms with Gasteiger partial charge in [-0.05, 0) is 13.8 Å². The predicted octanol–water partition coefficient (Wildman–Crippen LogP) is -0.0181. The zero-order valence-electron chi connectivity index (χ0n) is 9.56. The highest BCUT2D eigenvalue weighted by Crippen LogP contribution is 2.10. The number of hydrogen-bond acceptors (Lipinski definition) is 6. The van der Waals surface area contributed by atoms with Crippen molar-refractivity contribution in [2.45, 2.75) is 19.9 Å². The molecule has 0 amide bonds. The summed E-state index contributed by atoms with van der Waals surface area (Å²) < 4.78 is 0. The number of hydrogen-bond donors (Lipinski definition) is 4. The molecule has 0 unspecified atom stereocenters.